The van der Waals surface area contributed by atoms with Crippen LogP contribution in [0.2, 0.25) is 75.5 Å². The maximum Gasteiger partial charge on any atom is 0.0306 e. The topological polar surface area (TPSA) is 0 Å². The zero-order valence-corrected chi connectivity index (χ0v) is 44.7. The Morgan fingerprint density at radius 2 is 0.388 bits per heavy atom. The van der Waals surface area contributed by atoms with Crippen molar-refractivity contribution in [3.8, 4) is 0 Å². The SMILES string of the molecule is CCC(CC)C[Si]1(CC(CC)CC)[Si]2([Si](C)(C)C)[Si](CC(CC)CC)(CC(CC)CC)[Si]1([Si](C)(C)C)[Si]2(CC(CC)CC)CC(CC)CC. The molecule has 3 saturated heterocycles. The van der Waals surface area contributed by atoms with E-state index >= 15 is 0 Å². The lowest BCUT2D eigenvalue weighted by atomic mass is 10.1. The molecule has 0 atom stereocenters. The largest absolute Gasteiger partial charge is 0.0721 e. The molecule has 292 valence electrons. The highest BCUT2D eigenvalue weighted by Crippen LogP contribution is 2.83. The lowest BCUT2D eigenvalue weighted by Gasteiger charge is -3.06. The fraction of sp³-hybridized carbons (Fsp3) is 1.00. The standard InChI is InChI=1S/C42H96Si7/c1-19-37(20-2)31-45(32-38(21-3)22-4)48(43(13,14)15)46(33-39(23-5)24-6,34-40(25-7)26-8)49(45,44(16,17)18)47(48,35-41(27-9)28-10)36-42(29-11)30-12/h37-42H,19-36H2,1-18H3. The van der Waals surface area contributed by atoms with E-state index in [0.29, 0.717) is 0 Å². The fourth-order valence-electron chi connectivity index (χ4n) is 16.2. The van der Waals surface area contributed by atoms with Gasteiger partial charge in [0.15, 0.2) is 0 Å². The van der Waals surface area contributed by atoms with E-state index in [9.17, 15) is 0 Å². The van der Waals surface area contributed by atoms with Gasteiger partial charge < -0.3 is 0 Å². The summed E-state index contributed by atoms with van der Waals surface area (Å²) < 4.78 is 0. The summed E-state index contributed by atoms with van der Waals surface area (Å²) in [5.41, 5.74) is 0. The van der Waals surface area contributed by atoms with Gasteiger partial charge in [0.1, 0.15) is 0 Å². The molecule has 0 aromatic heterocycles. The summed E-state index contributed by atoms with van der Waals surface area (Å²) in [4.78, 5) is 0. The molecule has 0 unspecified atom stereocenters. The van der Waals surface area contributed by atoms with Crippen LogP contribution in [0.1, 0.15) is 160 Å². The highest BCUT2D eigenvalue weighted by atomic mass is 30.8. The summed E-state index contributed by atoms with van der Waals surface area (Å²) in [5, 5.41) is 0. The Kier molecular flexibility index (Phi) is 17.6. The van der Waals surface area contributed by atoms with Crippen molar-refractivity contribution >= 4 is 48.8 Å². The summed E-state index contributed by atoms with van der Waals surface area (Å²) in [6.07, 6.45) is 14.9. The van der Waals surface area contributed by atoms with Crippen molar-refractivity contribution in [2.75, 3.05) is 0 Å². The zero-order chi connectivity index (χ0) is 37.7. The average molecular weight is 798 g/mol. The Hall–Kier alpha value is 1.52. The lowest BCUT2D eigenvalue weighted by Crippen LogP contribution is -3.37. The third-order valence-corrected chi connectivity index (χ3v) is 264. The normalized spacial score (nSPS) is 24.5. The van der Waals surface area contributed by atoms with Crippen molar-refractivity contribution in [3.05, 3.63) is 0 Å². The minimum absolute atomic E-state index is 1.05. The smallest absolute Gasteiger partial charge is 0.0306 e. The van der Waals surface area contributed by atoms with E-state index in [1.165, 1.54) is 77.0 Å². The maximum atomic E-state index is 3.16. The predicted molar refractivity (Wildman–Crippen MR) is 249 cm³/mol. The molecule has 0 N–H and O–H groups in total. The molecule has 3 aliphatic rings. The molecule has 7 heteroatoms. The fourth-order valence-corrected chi connectivity index (χ4v) is 555. The summed E-state index contributed by atoms with van der Waals surface area (Å²) in [6.45, 7) is 50.6. The first-order chi connectivity index (χ1) is 23.0. The van der Waals surface area contributed by atoms with E-state index < -0.39 is 48.8 Å². The van der Waals surface area contributed by atoms with Gasteiger partial charge in [-0.2, -0.15) is 0 Å². The predicted octanol–water partition coefficient (Wildman–Crippen LogP) is 15.2. The molecule has 3 fully saturated rings. The first-order valence-corrected chi connectivity index (χ1v) is 49.2. The van der Waals surface area contributed by atoms with Gasteiger partial charge in [-0.25, -0.2) is 0 Å². The monoisotopic (exact) mass is 797 g/mol. The van der Waals surface area contributed by atoms with Crippen LogP contribution < -0.4 is 0 Å². The summed E-state index contributed by atoms with van der Waals surface area (Å²) in [6, 6.07) is 11.3. The molecule has 0 radical (unpaired) electrons. The van der Waals surface area contributed by atoms with Crippen molar-refractivity contribution in [2.24, 2.45) is 35.5 Å². The molecule has 0 aromatic rings. The van der Waals surface area contributed by atoms with E-state index in [1.54, 1.807) is 0 Å². The molecule has 2 bridgehead atoms. The molecular formula is C42H96Si7. The van der Waals surface area contributed by atoms with Gasteiger partial charge in [0.2, 0.25) is 0 Å². The van der Waals surface area contributed by atoms with Crippen LogP contribution in [0.25, 0.3) is 0 Å². The minimum Gasteiger partial charge on any atom is -0.0721 e. The van der Waals surface area contributed by atoms with Crippen LogP contribution in [0.3, 0.4) is 0 Å². The molecule has 49 heavy (non-hydrogen) atoms. The third-order valence-electron chi connectivity index (χ3n) is 17.3. The molecule has 0 aliphatic carbocycles. The molecule has 0 aromatic carbocycles. The second-order valence-electron chi connectivity index (χ2n) is 20.6. The van der Waals surface area contributed by atoms with Crippen molar-refractivity contribution < 1.29 is 0 Å². The number of hydrogen-bond donors (Lipinski definition) is 0. The molecule has 3 heterocycles. The summed E-state index contributed by atoms with van der Waals surface area (Å²) >= 11 is 0. The Morgan fingerprint density at radius 3 is 0.469 bits per heavy atom. The molecule has 0 spiro atoms. The van der Waals surface area contributed by atoms with Crippen LogP contribution in [0.15, 0.2) is 0 Å². The lowest BCUT2D eigenvalue weighted by molar-refractivity contribution is 0.507. The molecule has 0 amide bonds. The van der Waals surface area contributed by atoms with Gasteiger partial charge in [0.05, 0.1) is 0 Å². The van der Waals surface area contributed by atoms with Crippen LogP contribution in [-0.4, -0.2) is 48.8 Å². The Bertz CT molecular complexity index is 778. The molecule has 3 rings (SSSR count). The van der Waals surface area contributed by atoms with Gasteiger partial charge in [-0.05, 0) is 35.5 Å². The van der Waals surface area contributed by atoms with E-state index in [2.05, 4.69) is 122 Å². The summed E-state index contributed by atoms with van der Waals surface area (Å²) in [7, 11) is -7.21. The molecule has 0 saturated carbocycles. The van der Waals surface area contributed by atoms with Gasteiger partial charge in [-0.3, -0.25) is 0 Å². The van der Waals surface area contributed by atoms with Crippen LogP contribution in [-0.2, 0) is 0 Å². The first-order valence-electron chi connectivity index (χ1n) is 23.0. The minimum atomic E-state index is -1.50. The zero-order valence-electron chi connectivity index (χ0n) is 37.7. The van der Waals surface area contributed by atoms with Gasteiger partial charge in [0, 0.05) is 48.8 Å². The first kappa shape index (κ1) is 46.7. The van der Waals surface area contributed by atoms with Gasteiger partial charge in [-0.15, -0.1) is 0 Å². The van der Waals surface area contributed by atoms with Gasteiger partial charge >= 0.3 is 0 Å². The molecule has 3 aliphatic heterocycles. The maximum absolute atomic E-state index is 3.16. The van der Waals surface area contributed by atoms with Crippen molar-refractivity contribution in [1.29, 1.82) is 0 Å². The highest BCUT2D eigenvalue weighted by Gasteiger charge is 3.10. The second kappa shape index (κ2) is 18.4. The molecular weight excluding hydrogens is 701 g/mol. The third kappa shape index (κ3) is 6.88. The highest BCUT2D eigenvalue weighted by molar-refractivity contribution is 8.60. The Morgan fingerprint density at radius 1 is 0.265 bits per heavy atom. The second-order valence-corrected chi connectivity index (χ2v) is 108. The van der Waals surface area contributed by atoms with Crippen LogP contribution in [0, 0.1) is 35.5 Å². The van der Waals surface area contributed by atoms with E-state index in [1.807, 2.05) is 36.3 Å². The van der Waals surface area contributed by atoms with Crippen LogP contribution in [0.5, 0.6) is 0 Å². The quantitative estimate of drug-likeness (QED) is 0.0765. The average Bonchev–Trinajstić information content (AvgIpc) is 3.05. The number of hydrogen-bond acceptors (Lipinski definition) is 0. The number of rotatable bonds is 26. The Labute approximate surface area is 318 Å². The van der Waals surface area contributed by atoms with E-state index in [4.69, 9.17) is 0 Å². The van der Waals surface area contributed by atoms with Crippen molar-refractivity contribution in [3.63, 3.8) is 0 Å². The van der Waals surface area contributed by atoms with Crippen molar-refractivity contribution in [1.82, 2.24) is 0 Å². The Balaban J connectivity index is 3.49. The van der Waals surface area contributed by atoms with Crippen molar-refractivity contribution in [2.45, 2.75) is 236 Å². The molecule has 0 nitrogen and oxygen atoms in total. The van der Waals surface area contributed by atoms with Crippen LogP contribution in [0.4, 0.5) is 0 Å². The van der Waals surface area contributed by atoms with E-state index in [0.717, 1.165) is 35.5 Å². The van der Waals surface area contributed by atoms with Crippen LogP contribution >= 0.6 is 0 Å². The van der Waals surface area contributed by atoms with Gasteiger partial charge in [0.25, 0.3) is 0 Å². The van der Waals surface area contributed by atoms with E-state index in [-0.39, 0.29) is 0 Å². The summed E-state index contributed by atoms with van der Waals surface area (Å²) in [5.74, 6) is 6.30. The van der Waals surface area contributed by atoms with Gasteiger partial charge in [-0.1, -0.05) is 236 Å².